The molecule has 1 aliphatic heterocycles. The fourth-order valence-corrected chi connectivity index (χ4v) is 3.38. The fraction of sp³-hybridized carbons (Fsp3) is 0.300. The van der Waals surface area contributed by atoms with E-state index >= 15 is 0 Å². The number of hydrogen-bond donors (Lipinski definition) is 0. The summed E-state index contributed by atoms with van der Waals surface area (Å²) in [7, 11) is -3.60. The number of fused-ring (bicyclic) bond motifs is 1. The molecule has 1 aliphatic rings. The Labute approximate surface area is 88.6 Å². The monoisotopic (exact) mass is 225 g/mol. The van der Waals surface area contributed by atoms with Crippen molar-refractivity contribution in [1.29, 1.82) is 0 Å². The van der Waals surface area contributed by atoms with E-state index in [1.54, 1.807) is 31.2 Å². The Hall–Kier alpha value is -1.36. The maximum Gasteiger partial charge on any atom is 0.266 e. The van der Waals surface area contributed by atoms with Gasteiger partial charge in [-0.1, -0.05) is 18.2 Å². The molecule has 0 fully saturated rings. The molecule has 1 amide bonds. The van der Waals surface area contributed by atoms with Crippen LogP contribution in [0.1, 0.15) is 12.5 Å². The topological polar surface area (TPSA) is 54.5 Å². The highest BCUT2D eigenvalue weighted by molar-refractivity contribution is 7.89. The van der Waals surface area contributed by atoms with Gasteiger partial charge in [-0.15, -0.1) is 0 Å². The first kappa shape index (κ1) is 10.2. The van der Waals surface area contributed by atoms with Crippen molar-refractivity contribution in [3.63, 3.8) is 0 Å². The Kier molecular flexibility index (Phi) is 2.26. The van der Waals surface area contributed by atoms with Crippen LogP contribution in [0.4, 0.5) is 0 Å². The lowest BCUT2D eigenvalue weighted by Crippen LogP contribution is -2.41. The predicted octanol–water partition coefficient (Wildman–Crippen LogP) is 0.780. The standard InChI is InChI=1S/C10H11NO3S/c1-2-11-10(12)7-8-5-3-4-6-9(8)15(11,13)14/h3-6H,2,7H2,1H3. The third-order valence-corrected chi connectivity index (χ3v) is 4.44. The number of benzene rings is 1. The summed E-state index contributed by atoms with van der Waals surface area (Å²) in [5.74, 6) is -0.351. The maximum absolute atomic E-state index is 12.0. The Morgan fingerprint density at radius 2 is 2.00 bits per heavy atom. The van der Waals surface area contributed by atoms with Crippen molar-refractivity contribution in [1.82, 2.24) is 4.31 Å². The molecule has 0 atom stereocenters. The molecule has 0 aromatic heterocycles. The van der Waals surface area contributed by atoms with Gasteiger partial charge in [0.2, 0.25) is 5.91 Å². The lowest BCUT2D eigenvalue weighted by Gasteiger charge is -2.26. The van der Waals surface area contributed by atoms with Gasteiger partial charge in [-0.25, -0.2) is 12.7 Å². The molecule has 0 N–H and O–H groups in total. The minimum absolute atomic E-state index is 0.170. The summed E-state index contributed by atoms with van der Waals surface area (Å²) in [6.45, 7) is 1.85. The van der Waals surface area contributed by atoms with Gasteiger partial charge in [-0.05, 0) is 18.6 Å². The first-order valence-electron chi connectivity index (χ1n) is 4.71. The number of likely N-dealkylation sites (N-methyl/N-ethyl adjacent to an activating group) is 1. The number of carbonyl (C=O) groups is 1. The van der Waals surface area contributed by atoms with Crippen LogP contribution in [0.2, 0.25) is 0 Å². The highest BCUT2D eigenvalue weighted by Gasteiger charge is 2.34. The van der Waals surface area contributed by atoms with Crippen LogP contribution in [0.25, 0.3) is 0 Å². The molecule has 0 spiro atoms. The molecule has 0 aliphatic carbocycles. The van der Waals surface area contributed by atoms with Crippen LogP contribution in [0.5, 0.6) is 0 Å². The fourth-order valence-electron chi connectivity index (χ4n) is 1.75. The van der Waals surface area contributed by atoms with E-state index in [0.717, 1.165) is 4.31 Å². The molecule has 0 radical (unpaired) electrons. The molecule has 5 heteroatoms. The van der Waals surface area contributed by atoms with Crippen LogP contribution in [0.3, 0.4) is 0 Å². The van der Waals surface area contributed by atoms with Crippen LogP contribution in [0, 0.1) is 0 Å². The van der Waals surface area contributed by atoms with E-state index in [4.69, 9.17) is 0 Å². The lowest BCUT2D eigenvalue weighted by atomic mass is 10.1. The van der Waals surface area contributed by atoms with Gasteiger partial charge in [0.25, 0.3) is 10.0 Å². The average Bonchev–Trinajstić information content (AvgIpc) is 2.17. The molecular formula is C10H11NO3S. The Balaban J connectivity index is 2.66. The summed E-state index contributed by atoms with van der Waals surface area (Å²) in [4.78, 5) is 11.8. The third kappa shape index (κ3) is 1.43. The average molecular weight is 225 g/mol. The van der Waals surface area contributed by atoms with Gasteiger partial charge < -0.3 is 0 Å². The van der Waals surface area contributed by atoms with Crippen molar-refractivity contribution >= 4 is 15.9 Å². The van der Waals surface area contributed by atoms with Gasteiger partial charge in [0, 0.05) is 6.54 Å². The molecule has 0 saturated heterocycles. The lowest BCUT2D eigenvalue weighted by molar-refractivity contribution is -0.126. The van der Waals surface area contributed by atoms with Crippen LogP contribution in [0.15, 0.2) is 29.2 Å². The van der Waals surface area contributed by atoms with Crippen LogP contribution in [-0.4, -0.2) is 25.2 Å². The summed E-state index contributed by atoms with van der Waals surface area (Å²) in [6.07, 6.45) is 0.170. The second kappa shape index (κ2) is 3.34. The first-order chi connectivity index (χ1) is 7.07. The summed E-state index contributed by atoms with van der Waals surface area (Å²) in [6, 6.07) is 6.63. The molecule has 1 aromatic carbocycles. The SMILES string of the molecule is CCN1C(=O)Cc2ccccc2S1(=O)=O. The second-order valence-corrected chi connectivity index (χ2v) is 5.18. The van der Waals surface area contributed by atoms with Gasteiger partial charge in [0.05, 0.1) is 11.3 Å². The van der Waals surface area contributed by atoms with E-state index in [1.807, 2.05) is 0 Å². The molecule has 80 valence electrons. The van der Waals surface area contributed by atoms with Crippen molar-refractivity contribution in [3.05, 3.63) is 29.8 Å². The number of sulfonamides is 1. The second-order valence-electron chi connectivity index (χ2n) is 3.35. The zero-order valence-corrected chi connectivity index (χ0v) is 9.12. The van der Waals surface area contributed by atoms with E-state index in [1.165, 1.54) is 0 Å². The first-order valence-corrected chi connectivity index (χ1v) is 6.15. The van der Waals surface area contributed by atoms with Crippen LogP contribution >= 0.6 is 0 Å². The summed E-state index contributed by atoms with van der Waals surface area (Å²) in [5.41, 5.74) is 0.590. The van der Waals surface area contributed by atoms with Crippen molar-refractivity contribution < 1.29 is 13.2 Å². The van der Waals surface area contributed by atoms with Crippen molar-refractivity contribution in [2.75, 3.05) is 6.54 Å². The van der Waals surface area contributed by atoms with Gasteiger partial charge in [-0.2, -0.15) is 0 Å². The molecule has 2 rings (SSSR count). The van der Waals surface area contributed by atoms with E-state index in [0.29, 0.717) is 5.56 Å². The quantitative estimate of drug-likeness (QED) is 0.709. The van der Waals surface area contributed by atoms with E-state index in [-0.39, 0.29) is 23.8 Å². The molecule has 1 heterocycles. The van der Waals surface area contributed by atoms with Crippen molar-refractivity contribution in [2.24, 2.45) is 0 Å². The van der Waals surface area contributed by atoms with Crippen LogP contribution < -0.4 is 0 Å². The normalized spacial score (nSPS) is 18.7. The molecular weight excluding hydrogens is 214 g/mol. The van der Waals surface area contributed by atoms with E-state index in [9.17, 15) is 13.2 Å². The highest BCUT2D eigenvalue weighted by atomic mass is 32.2. The van der Waals surface area contributed by atoms with Gasteiger partial charge in [0.15, 0.2) is 0 Å². The number of carbonyl (C=O) groups excluding carboxylic acids is 1. The summed E-state index contributed by atoms with van der Waals surface area (Å²) in [5, 5.41) is 0. The Bertz CT molecular complexity index is 507. The Morgan fingerprint density at radius 1 is 1.33 bits per heavy atom. The van der Waals surface area contributed by atoms with Gasteiger partial charge in [-0.3, -0.25) is 4.79 Å². The van der Waals surface area contributed by atoms with E-state index < -0.39 is 10.0 Å². The summed E-state index contributed by atoms with van der Waals surface area (Å²) >= 11 is 0. The smallest absolute Gasteiger partial charge is 0.266 e. The van der Waals surface area contributed by atoms with E-state index in [2.05, 4.69) is 0 Å². The minimum Gasteiger partial charge on any atom is -0.273 e. The van der Waals surface area contributed by atoms with Gasteiger partial charge in [0.1, 0.15) is 0 Å². The maximum atomic E-state index is 12.0. The molecule has 0 saturated carbocycles. The van der Waals surface area contributed by atoms with Crippen molar-refractivity contribution in [3.8, 4) is 0 Å². The number of amides is 1. The summed E-state index contributed by atoms with van der Waals surface area (Å²) < 4.78 is 24.8. The number of rotatable bonds is 1. The molecule has 0 bridgehead atoms. The Morgan fingerprint density at radius 3 is 2.67 bits per heavy atom. The minimum atomic E-state index is -3.60. The molecule has 0 unspecified atom stereocenters. The third-order valence-electron chi connectivity index (χ3n) is 2.45. The molecule has 4 nitrogen and oxygen atoms in total. The predicted molar refractivity (Wildman–Crippen MR) is 54.7 cm³/mol. The zero-order valence-electron chi connectivity index (χ0n) is 8.30. The van der Waals surface area contributed by atoms with Gasteiger partial charge >= 0.3 is 0 Å². The van der Waals surface area contributed by atoms with Crippen LogP contribution in [-0.2, 0) is 21.2 Å². The largest absolute Gasteiger partial charge is 0.273 e. The number of hydrogen-bond acceptors (Lipinski definition) is 3. The molecule has 1 aromatic rings. The zero-order chi connectivity index (χ0) is 11.1. The number of nitrogens with zero attached hydrogens (tertiary/aromatic N) is 1. The van der Waals surface area contributed by atoms with Crippen molar-refractivity contribution in [2.45, 2.75) is 18.2 Å². The molecule has 15 heavy (non-hydrogen) atoms. The highest BCUT2D eigenvalue weighted by Crippen LogP contribution is 2.26.